The lowest BCUT2D eigenvalue weighted by molar-refractivity contribution is 0.791. The molecule has 0 amide bonds. The van der Waals surface area contributed by atoms with E-state index in [0.29, 0.717) is 0 Å². The van der Waals surface area contributed by atoms with E-state index >= 15 is 0 Å². The van der Waals surface area contributed by atoms with E-state index in [2.05, 4.69) is 39.7 Å². The number of benzene rings is 1. The van der Waals surface area contributed by atoms with Gasteiger partial charge in [-0.3, -0.25) is 0 Å². The molecule has 0 unspecified atom stereocenters. The quantitative estimate of drug-likeness (QED) is 0.788. The van der Waals surface area contributed by atoms with Crippen molar-refractivity contribution < 1.29 is 0 Å². The summed E-state index contributed by atoms with van der Waals surface area (Å²) in [6.07, 6.45) is 0.784. The van der Waals surface area contributed by atoms with Crippen LogP contribution in [0, 0.1) is 13.8 Å². The van der Waals surface area contributed by atoms with Crippen LogP contribution >= 0.6 is 0 Å². The van der Waals surface area contributed by atoms with E-state index in [1.54, 1.807) is 0 Å². The molecular formula is C15H17N5. The summed E-state index contributed by atoms with van der Waals surface area (Å²) < 4.78 is 1.81. The molecule has 5 heteroatoms. The van der Waals surface area contributed by atoms with Crippen molar-refractivity contribution in [3.8, 4) is 0 Å². The first-order valence-electron chi connectivity index (χ1n) is 6.71. The molecule has 0 bridgehead atoms. The van der Waals surface area contributed by atoms with Crippen LogP contribution in [0.3, 0.4) is 0 Å². The van der Waals surface area contributed by atoms with Crippen LogP contribution in [0.4, 0.5) is 5.69 Å². The van der Waals surface area contributed by atoms with Crippen molar-refractivity contribution in [2.45, 2.75) is 20.3 Å². The molecule has 5 nitrogen and oxygen atoms in total. The van der Waals surface area contributed by atoms with Gasteiger partial charge in [-0.05, 0) is 37.6 Å². The normalized spacial score (nSPS) is 10.9. The number of aryl methyl sites for hydroxylation is 2. The van der Waals surface area contributed by atoms with Crippen LogP contribution in [0.25, 0.3) is 5.65 Å². The van der Waals surface area contributed by atoms with E-state index in [4.69, 9.17) is 0 Å². The maximum atomic E-state index is 4.44. The highest BCUT2D eigenvalue weighted by atomic mass is 15.4. The number of hydrogen-bond donors (Lipinski definition) is 1. The van der Waals surface area contributed by atoms with Crippen molar-refractivity contribution in [2.75, 3.05) is 11.9 Å². The summed E-state index contributed by atoms with van der Waals surface area (Å²) >= 11 is 0. The average molecular weight is 267 g/mol. The second-order valence-corrected chi connectivity index (χ2v) is 4.85. The molecule has 20 heavy (non-hydrogen) atoms. The molecule has 2 heterocycles. The molecule has 0 fully saturated rings. The zero-order valence-corrected chi connectivity index (χ0v) is 11.7. The molecule has 1 N–H and O–H groups in total. The average Bonchev–Trinajstić information content (AvgIpc) is 2.83. The highest BCUT2D eigenvalue weighted by Crippen LogP contribution is 2.13. The fourth-order valence-corrected chi connectivity index (χ4v) is 2.16. The Morgan fingerprint density at radius 3 is 2.75 bits per heavy atom. The molecule has 0 aliphatic rings. The van der Waals surface area contributed by atoms with E-state index in [1.807, 2.05) is 35.7 Å². The van der Waals surface area contributed by atoms with Crippen molar-refractivity contribution in [3.05, 3.63) is 53.5 Å². The number of anilines is 1. The van der Waals surface area contributed by atoms with Crippen LogP contribution in [0.2, 0.25) is 0 Å². The van der Waals surface area contributed by atoms with Crippen molar-refractivity contribution >= 4 is 11.3 Å². The Balaban J connectivity index is 1.71. The molecular weight excluding hydrogens is 250 g/mol. The van der Waals surface area contributed by atoms with Gasteiger partial charge in [0.1, 0.15) is 0 Å². The van der Waals surface area contributed by atoms with Gasteiger partial charge in [0.15, 0.2) is 11.5 Å². The van der Waals surface area contributed by atoms with Gasteiger partial charge in [0.2, 0.25) is 0 Å². The minimum Gasteiger partial charge on any atom is -0.384 e. The van der Waals surface area contributed by atoms with Gasteiger partial charge in [0.25, 0.3) is 0 Å². The molecule has 1 aromatic carbocycles. The Morgan fingerprint density at radius 1 is 1.05 bits per heavy atom. The monoisotopic (exact) mass is 267 g/mol. The molecule has 0 aliphatic carbocycles. The Morgan fingerprint density at radius 2 is 1.90 bits per heavy atom. The van der Waals surface area contributed by atoms with E-state index in [0.717, 1.165) is 35.8 Å². The summed E-state index contributed by atoms with van der Waals surface area (Å²) in [5.74, 6) is 0.879. The summed E-state index contributed by atoms with van der Waals surface area (Å²) in [6, 6.07) is 12.1. The Hall–Kier alpha value is -2.43. The number of para-hydroxylation sites is 1. The van der Waals surface area contributed by atoms with Crippen molar-refractivity contribution in [2.24, 2.45) is 0 Å². The van der Waals surface area contributed by atoms with E-state index in [9.17, 15) is 0 Å². The number of aromatic nitrogens is 4. The van der Waals surface area contributed by atoms with Gasteiger partial charge in [0, 0.05) is 18.7 Å². The van der Waals surface area contributed by atoms with Gasteiger partial charge < -0.3 is 5.32 Å². The molecule has 0 saturated heterocycles. The van der Waals surface area contributed by atoms with Crippen LogP contribution in [-0.4, -0.2) is 26.4 Å². The molecule has 0 saturated carbocycles. The first kappa shape index (κ1) is 12.6. The first-order chi connectivity index (χ1) is 9.74. The fourth-order valence-electron chi connectivity index (χ4n) is 2.16. The standard InChI is InChI=1S/C15H17N5/c1-11-5-3-4-6-13(11)16-10-9-15-18-17-14-8-7-12(2)19-20(14)15/h3-8,16H,9-10H2,1-2H3. The number of nitrogens with zero attached hydrogens (tertiary/aromatic N) is 4. The van der Waals surface area contributed by atoms with Gasteiger partial charge in [-0.25, -0.2) is 0 Å². The molecule has 2 aromatic heterocycles. The maximum Gasteiger partial charge on any atom is 0.177 e. The lowest BCUT2D eigenvalue weighted by atomic mass is 10.2. The van der Waals surface area contributed by atoms with Crippen LogP contribution in [-0.2, 0) is 6.42 Å². The first-order valence-corrected chi connectivity index (χ1v) is 6.71. The summed E-state index contributed by atoms with van der Waals surface area (Å²) in [4.78, 5) is 0. The van der Waals surface area contributed by atoms with Crippen molar-refractivity contribution in [1.29, 1.82) is 0 Å². The van der Waals surface area contributed by atoms with Crippen LogP contribution in [0.1, 0.15) is 17.1 Å². The van der Waals surface area contributed by atoms with Gasteiger partial charge in [-0.15, -0.1) is 10.2 Å². The lowest BCUT2D eigenvalue weighted by Gasteiger charge is -2.08. The van der Waals surface area contributed by atoms with Crippen molar-refractivity contribution in [1.82, 2.24) is 19.8 Å². The van der Waals surface area contributed by atoms with E-state index < -0.39 is 0 Å². The zero-order valence-electron chi connectivity index (χ0n) is 11.7. The van der Waals surface area contributed by atoms with Crippen molar-refractivity contribution in [3.63, 3.8) is 0 Å². The van der Waals surface area contributed by atoms with Crippen LogP contribution in [0.5, 0.6) is 0 Å². The minimum atomic E-state index is 0.784. The molecule has 0 spiro atoms. The smallest absolute Gasteiger partial charge is 0.177 e. The Kier molecular flexibility index (Phi) is 3.33. The molecule has 0 aliphatic heterocycles. The molecule has 0 atom stereocenters. The van der Waals surface area contributed by atoms with Crippen LogP contribution < -0.4 is 5.32 Å². The summed E-state index contributed by atoms with van der Waals surface area (Å²) in [7, 11) is 0. The highest BCUT2D eigenvalue weighted by Gasteiger charge is 2.06. The van der Waals surface area contributed by atoms with Gasteiger partial charge in [0.05, 0.1) is 5.69 Å². The third-order valence-corrected chi connectivity index (χ3v) is 3.27. The summed E-state index contributed by atoms with van der Waals surface area (Å²) in [5.41, 5.74) is 4.16. The molecule has 3 aromatic rings. The minimum absolute atomic E-state index is 0.784. The topological polar surface area (TPSA) is 55.1 Å². The highest BCUT2D eigenvalue weighted by molar-refractivity contribution is 5.50. The Labute approximate surface area is 117 Å². The maximum absolute atomic E-state index is 4.44. The summed E-state index contributed by atoms with van der Waals surface area (Å²) in [5, 5.41) is 16.2. The number of rotatable bonds is 4. The van der Waals surface area contributed by atoms with Crippen LogP contribution in [0.15, 0.2) is 36.4 Å². The molecule has 3 rings (SSSR count). The SMILES string of the molecule is Cc1ccc2nnc(CCNc3ccccc3C)n2n1. The number of fused-ring (bicyclic) bond motifs is 1. The van der Waals surface area contributed by atoms with Gasteiger partial charge >= 0.3 is 0 Å². The van der Waals surface area contributed by atoms with E-state index in [1.165, 1.54) is 5.56 Å². The number of nitrogens with one attached hydrogen (secondary N) is 1. The predicted octanol–water partition coefficient (Wildman–Crippen LogP) is 2.40. The van der Waals surface area contributed by atoms with Gasteiger partial charge in [-0.1, -0.05) is 18.2 Å². The third kappa shape index (κ3) is 2.47. The van der Waals surface area contributed by atoms with Gasteiger partial charge in [-0.2, -0.15) is 9.61 Å². The Bertz CT molecular complexity index is 732. The molecule has 102 valence electrons. The largest absolute Gasteiger partial charge is 0.384 e. The summed E-state index contributed by atoms with van der Waals surface area (Å²) in [6.45, 7) is 4.87. The fraction of sp³-hybridized carbons (Fsp3) is 0.267. The number of hydrogen-bond acceptors (Lipinski definition) is 4. The van der Waals surface area contributed by atoms with E-state index in [-0.39, 0.29) is 0 Å². The second kappa shape index (κ2) is 5.28. The second-order valence-electron chi connectivity index (χ2n) is 4.85. The lowest BCUT2D eigenvalue weighted by Crippen LogP contribution is -2.09. The third-order valence-electron chi connectivity index (χ3n) is 3.27. The molecule has 0 radical (unpaired) electrons. The zero-order chi connectivity index (χ0) is 13.9. The predicted molar refractivity (Wildman–Crippen MR) is 78.9 cm³/mol.